The first-order valence-electron chi connectivity index (χ1n) is 12.2. The van der Waals surface area contributed by atoms with Crippen LogP contribution in [0, 0.1) is 17.2 Å². The van der Waals surface area contributed by atoms with Crippen molar-refractivity contribution in [1.29, 1.82) is 5.26 Å². The molecule has 0 spiro atoms. The van der Waals surface area contributed by atoms with E-state index in [0.29, 0.717) is 34.5 Å². The fourth-order valence-electron chi connectivity index (χ4n) is 4.59. The van der Waals surface area contributed by atoms with Crippen LogP contribution in [0.1, 0.15) is 51.9 Å². The largest absolute Gasteiger partial charge is 0.434 e. The van der Waals surface area contributed by atoms with Crippen molar-refractivity contribution in [3.8, 4) is 11.8 Å². The molecule has 0 saturated carbocycles. The summed E-state index contributed by atoms with van der Waals surface area (Å²) in [7, 11) is 0. The molecule has 0 atom stereocenters. The van der Waals surface area contributed by atoms with Gasteiger partial charge in [0, 0.05) is 30.1 Å². The Morgan fingerprint density at radius 2 is 1.85 bits per heavy atom. The molecule has 9 nitrogen and oxygen atoms in total. The first kappa shape index (κ1) is 25.8. The summed E-state index contributed by atoms with van der Waals surface area (Å²) in [6.45, 7) is 3.19. The molecule has 0 unspecified atom stereocenters. The molecule has 1 aliphatic heterocycles. The minimum Gasteiger partial charge on any atom is -0.337 e. The number of amides is 2. The highest BCUT2D eigenvalue weighted by molar-refractivity contribution is 6.05. The van der Waals surface area contributed by atoms with E-state index in [1.165, 1.54) is 18.5 Å². The van der Waals surface area contributed by atoms with Crippen molar-refractivity contribution < 1.29 is 22.8 Å². The third-order valence-electron chi connectivity index (χ3n) is 6.70. The Bertz CT molecular complexity index is 1610. The van der Waals surface area contributed by atoms with E-state index in [0.717, 1.165) is 25.2 Å². The van der Waals surface area contributed by atoms with E-state index >= 15 is 0 Å². The Labute approximate surface area is 220 Å². The number of hydrogen-bond acceptors (Lipinski definition) is 6. The fraction of sp³-hybridized carbons (Fsp3) is 0.259. The number of piperidine rings is 1. The lowest BCUT2D eigenvalue weighted by Gasteiger charge is -2.30. The average molecular weight is 534 g/mol. The number of benzene rings is 1. The van der Waals surface area contributed by atoms with Gasteiger partial charge in [-0.2, -0.15) is 23.5 Å². The van der Waals surface area contributed by atoms with Crippen LogP contribution in [-0.2, 0) is 6.18 Å². The molecule has 1 N–H and O–H groups in total. The van der Waals surface area contributed by atoms with E-state index in [1.54, 1.807) is 29.2 Å². The molecule has 0 aliphatic carbocycles. The second-order valence-corrected chi connectivity index (χ2v) is 9.36. The Morgan fingerprint density at radius 1 is 1.10 bits per heavy atom. The number of carbonyl (C=O) groups excluding carboxylic acids is 2. The Morgan fingerprint density at radius 3 is 2.56 bits per heavy atom. The van der Waals surface area contributed by atoms with Crippen LogP contribution >= 0.6 is 0 Å². The van der Waals surface area contributed by atoms with Crippen molar-refractivity contribution in [3.05, 3.63) is 77.6 Å². The number of likely N-dealkylation sites (tertiary alicyclic amines) is 1. The predicted molar refractivity (Wildman–Crippen MR) is 135 cm³/mol. The van der Waals surface area contributed by atoms with Gasteiger partial charge in [-0.3, -0.25) is 14.6 Å². The third-order valence-corrected chi connectivity index (χ3v) is 6.70. The van der Waals surface area contributed by atoms with Crippen molar-refractivity contribution in [2.75, 3.05) is 18.4 Å². The maximum atomic E-state index is 14.2. The van der Waals surface area contributed by atoms with Crippen molar-refractivity contribution in [1.82, 2.24) is 24.6 Å². The van der Waals surface area contributed by atoms with E-state index in [9.17, 15) is 28.0 Å². The van der Waals surface area contributed by atoms with Gasteiger partial charge in [-0.05, 0) is 24.8 Å². The number of hydrogen-bond donors (Lipinski definition) is 1. The first-order chi connectivity index (χ1) is 18.7. The van der Waals surface area contributed by atoms with Crippen molar-refractivity contribution in [3.63, 3.8) is 0 Å². The lowest BCUT2D eigenvalue weighted by molar-refractivity contribution is -0.143. The summed E-state index contributed by atoms with van der Waals surface area (Å²) in [5, 5.41) is 16.9. The number of nitriles is 1. The molecule has 39 heavy (non-hydrogen) atoms. The zero-order chi connectivity index (χ0) is 27.7. The number of alkyl halides is 3. The lowest BCUT2D eigenvalue weighted by Crippen LogP contribution is -2.38. The molecule has 1 saturated heterocycles. The summed E-state index contributed by atoms with van der Waals surface area (Å²) in [5.41, 5.74) is -2.15. The fourth-order valence-corrected chi connectivity index (χ4v) is 4.59. The minimum atomic E-state index is -4.93. The van der Waals surface area contributed by atoms with E-state index < -0.39 is 29.2 Å². The van der Waals surface area contributed by atoms with Gasteiger partial charge < -0.3 is 10.2 Å². The third kappa shape index (κ3) is 5.03. The molecule has 2 amide bonds. The van der Waals surface area contributed by atoms with Gasteiger partial charge >= 0.3 is 6.18 Å². The lowest BCUT2D eigenvalue weighted by atomic mass is 9.99. The normalized spacial score (nSPS) is 14.3. The van der Waals surface area contributed by atoms with Gasteiger partial charge in [0.15, 0.2) is 5.69 Å². The maximum Gasteiger partial charge on any atom is 0.434 e. The highest BCUT2D eigenvalue weighted by atomic mass is 19.4. The second-order valence-electron chi connectivity index (χ2n) is 9.36. The van der Waals surface area contributed by atoms with Gasteiger partial charge in [-0.25, -0.2) is 9.67 Å². The maximum absolute atomic E-state index is 14.2. The summed E-state index contributed by atoms with van der Waals surface area (Å²) in [6, 6.07) is 9.86. The Balaban J connectivity index is 1.45. The van der Waals surface area contributed by atoms with E-state index in [1.807, 2.05) is 6.07 Å². The van der Waals surface area contributed by atoms with Crippen molar-refractivity contribution in [2.24, 2.45) is 5.92 Å². The molecule has 1 fully saturated rings. The molecule has 1 aliphatic rings. The summed E-state index contributed by atoms with van der Waals surface area (Å²) >= 11 is 0. The van der Waals surface area contributed by atoms with Crippen LogP contribution < -0.4 is 5.32 Å². The molecule has 1 aromatic carbocycles. The molecule has 0 radical (unpaired) electrons. The predicted octanol–water partition coefficient (Wildman–Crippen LogP) is 4.83. The molecule has 3 aromatic heterocycles. The van der Waals surface area contributed by atoms with Crippen molar-refractivity contribution in [2.45, 2.75) is 25.9 Å². The van der Waals surface area contributed by atoms with Gasteiger partial charge in [0.1, 0.15) is 11.8 Å². The number of fused-ring (bicyclic) bond motifs is 1. The van der Waals surface area contributed by atoms with E-state index in [2.05, 4.69) is 27.3 Å². The number of aromatic nitrogens is 4. The van der Waals surface area contributed by atoms with Crippen LogP contribution in [-0.4, -0.2) is 49.6 Å². The highest BCUT2D eigenvalue weighted by Gasteiger charge is 2.41. The minimum absolute atomic E-state index is 0.0342. The summed E-state index contributed by atoms with van der Waals surface area (Å²) < 4.78 is 43.3. The van der Waals surface area contributed by atoms with Gasteiger partial charge in [-0.15, -0.1) is 0 Å². The van der Waals surface area contributed by atoms with Gasteiger partial charge in [0.2, 0.25) is 0 Å². The smallest absolute Gasteiger partial charge is 0.337 e. The van der Waals surface area contributed by atoms with E-state index in [-0.39, 0.29) is 22.6 Å². The number of nitrogens with one attached hydrogen (secondary N) is 1. The van der Waals surface area contributed by atoms with Gasteiger partial charge in [0.05, 0.1) is 41.1 Å². The van der Waals surface area contributed by atoms with Gasteiger partial charge in [0.25, 0.3) is 11.8 Å². The number of rotatable bonds is 4. The molecular formula is C27H22F3N7O2. The Kier molecular flexibility index (Phi) is 6.74. The quantitative estimate of drug-likeness (QED) is 0.402. The first-order valence-corrected chi connectivity index (χ1v) is 12.2. The Hall–Kier alpha value is -4.79. The van der Waals surface area contributed by atoms with E-state index in [4.69, 9.17) is 0 Å². The van der Waals surface area contributed by atoms with Gasteiger partial charge in [-0.1, -0.05) is 31.2 Å². The standard InChI is InChI=1S/C27H22F3N7O2/c1-16-6-8-36(9-7-16)26(39)23-18(11-31)10-19(13-33-23)35-25(38)21-14-34-37(24(21)27(28,29)30)22-15-32-12-17-4-2-3-5-20(17)22/h2-5,10,12-16H,6-9H2,1H3,(H,35,38). The number of pyridine rings is 2. The SMILES string of the molecule is CC1CCN(C(=O)c2ncc(NC(=O)c3cnn(-c4cncc5ccccc45)c3C(F)(F)F)cc2C#N)CC1. The van der Waals surface area contributed by atoms with Crippen LogP contribution in [0.5, 0.6) is 0 Å². The highest BCUT2D eigenvalue weighted by Crippen LogP contribution is 2.35. The van der Waals surface area contributed by atoms with Crippen molar-refractivity contribution >= 4 is 28.3 Å². The topological polar surface area (TPSA) is 117 Å². The summed E-state index contributed by atoms with van der Waals surface area (Å²) in [6.07, 6.45) is 1.48. The van der Waals surface area contributed by atoms with Crippen LogP contribution in [0.3, 0.4) is 0 Å². The molecular weight excluding hydrogens is 511 g/mol. The van der Waals surface area contributed by atoms with Crippen LogP contribution in [0.25, 0.3) is 16.5 Å². The summed E-state index contributed by atoms with van der Waals surface area (Å²) in [4.78, 5) is 35.6. The molecule has 4 aromatic rings. The number of nitrogens with zero attached hydrogens (tertiary/aromatic N) is 6. The monoisotopic (exact) mass is 533 g/mol. The zero-order valence-electron chi connectivity index (χ0n) is 20.7. The molecule has 0 bridgehead atoms. The molecule has 4 heterocycles. The van der Waals surface area contributed by atoms with Crippen LogP contribution in [0.4, 0.5) is 18.9 Å². The zero-order valence-corrected chi connectivity index (χ0v) is 20.7. The van der Waals surface area contributed by atoms with Crippen LogP contribution in [0.2, 0.25) is 0 Å². The number of anilines is 1. The second kappa shape index (κ2) is 10.2. The molecule has 198 valence electrons. The molecule has 12 heteroatoms. The number of carbonyl (C=O) groups is 2. The molecule has 5 rings (SSSR count). The number of halogens is 3. The average Bonchev–Trinajstić information content (AvgIpc) is 3.39. The summed E-state index contributed by atoms with van der Waals surface area (Å²) in [5.74, 6) is -1.00. The van der Waals surface area contributed by atoms with Crippen LogP contribution in [0.15, 0.2) is 55.1 Å².